The van der Waals surface area contributed by atoms with Gasteiger partial charge >= 0.3 is 0 Å². The van der Waals surface area contributed by atoms with E-state index in [1.165, 1.54) is 44.0 Å². The van der Waals surface area contributed by atoms with Gasteiger partial charge in [-0.25, -0.2) is 0 Å². The van der Waals surface area contributed by atoms with E-state index in [4.69, 9.17) is 0 Å². The van der Waals surface area contributed by atoms with Crippen molar-refractivity contribution in [3.05, 3.63) is 57.6 Å². The van der Waals surface area contributed by atoms with Gasteiger partial charge in [-0.2, -0.15) is 0 Å². The average molecular weight is 795 g/mol. The van der Waals surface area contributed by atoms with Crippen molar-refractivity contribution >= 4 is 42.6 Å². The van der Waals surface area contributed by atoms with Gasteiger partial charge in [-0.05, 0) is 89.0 Å². The number of benzene rings is 2. The molecule has 0 aromatic heterocycles. The molecule has 0 spiro atoms. The second-order valence-corrected chi connectivity index (χ2v) is 36.1. The molecule has 0 saturated carbocycles. The normalized spacial score (nSPS) is 14.3. The highest BCUT2D eigenvalue weighted by Crippen LogP contribution is 2.45. The topological polar surface area (TPSA) is 0 Å². The minimum Gasteiger partial charge on any atom is -0.126 e. The lowest BCUT2D eigenvalue weighted by Crippen LogP contribution is -2.31. The molecule has 2 aromatic carbocycles. The van der Waals surface area contributed by atoms with Crippen molar-refractivity contribution in [2.75, 3.05) is 0 Å². The summed E-state index contributed by atoms with van der Waals surface area (Å²) in [5, 5.41) is 2.67. The maximum atomic E-state index is 3.82. The molecule has 0 aliphatic carbocycles. The Balaban J connectivity index is 3.17. The molecule has 54 heavy (non-hydrogen) atoms. The van der Waals surface area contributed by atoms with E-state index in [0.29, 0.717) is 0 Å². The smallest absolute Gasteiger partial charge is 0.126 e. The molecule has 0 bridgehead atoms. The molecule has 294 valence electrons. The highest BCUT2D eigenvalue weighted by Gasteiger charge is 2.34. The second-order valence-electron chi connectivity index (χ2n) is 23.5. The highest BCUT2D eigenvalue weighted by atomic mass is 31.1. The molecule has 4 heteroatoms. The second kappa shape index (κ2) is 16.4. The summed E-state index contributed by atoms with van der Waals surface area (Å²) in [4.78, 5) is 0. The Labute approximate surface area is 340 Å². The summed E-state index contributed by atoms with van der Waals surface area (Å²) >= 11 is 0. The first kappa shape index (κ1) is 48.1. The van der Waals surface area contributed by atoms with Crippen LogP contribution in [0.25, 0.3) is 0 Å². The summed E-state index contributed by atoms with van der Waals surface area (Å²) < 4.78 is 0. The van der Waals surface area contributed by atoms with Crippen LogP contribution in [-0.2, 0) is 32.5 Å². The van der Waals surface area contributed by atoms with E-state index >= 15 is 0 Å². The lowest BCUT2D eigenvalue weighted by Gasteiger charge is -2.34. The van der Waals surface area contributed by atoms with Crippen LogP contribution in [0.5, 0.6) is 0 Å². The quantitative estimate of drug-likeness (QED) is 0.161. The van der Waals surface area contributed by atoms with E-state index in [1.54, 1.807) is 0 Å². The standard InChI is InChI=1S/C50H76P2Si2/c1-45(2,3)37-33-39(47(7,8)9)43(40(34-37)48(10,11)12)51(29-31-53(19,20)21)27-25-26-28-52(30-32-54(22,23)24)44-41(49(13,14)15)35-38(46(4,5)6)36-42(44)50(16,17)18/h33-36H,1-24H3. The first-order valence-corrected chi connectivity index (χ1v) is 29.6. The van der Waals surface area contributed by atoms with Crippen LogP contribution in [-0.4, -0.2) is 16.1 Å². The van der Waals surface area contributed by atoms with Crippen LogP contribution in [0.3, 0.4) is 0 Å². The van der Waals surface area contributed by atoms with Crippen LogP contribution in [0, 0.1) is 45.6 Å². The molecule has 0 nitrogen and oxygen atoms in total. The van der Waals surface area contributed by atoms with Gasteiger partial charge in [0.1, 0.15) is 16.1 Å². The summed E-state index contributed by atoms with van der Waals surface area (Å²) in [6.45, 7) is 56.0. The molecule has 2 atom stereocenters. The van der Waals surface area contributed by atoms with E-state index in [-0.39, 0.29) is 32.5 Å². The van der Waals surface area contributed by atoms with E-state index in [1.807, 2.05) is 0 Å². The number of hydrogen-bond donors (Lipinski definition) is 0. The Morgan fingerprint density at radius 1 is 0.352 bits per heavy atom. The molecule has 0 aliphatic heterocycles. The summed E-state index contributed by atoms with van der Waals surface area (Å²) in [5.41, 5.74) is 30.6. The largest absolute Gasteiger partial charge is 0.129 e. The molecule has 0 N–H and O–H groups in total. The Morgan fingerprint density at radius 3 is 0.741 bits per heavy atom. The minimum absolute atomic E-state index is 0.0272. The summed E-state index contributed by atoms with van der Waals surface area (Å²) in [6.07, 6.45) is 0. The van der Waals surface area contributed by atoms with Gasteiger partial charge in [0.05, 0.1) is 15.8 Å². The molecule has 2 aromatic rings. The van der Waals surface area contributed by atoms with Crippen molar-refractivity contribution in [2.45, 2.75) is 196 Å². The van der Waals surface area contributed by atoms with Crippen LogP contribution in [0.2, 0.25) is 39.3 Å². The lowest BCUT2D eigenvalue weighted by molar-refractivity contribution is 0.553. The van der Waals surface area contributed by atoms with Gasteiger partial charge in [-0.1, -0.05) is 199 Å². The molecule has 0 fully saturated rings. The van der Waals surface area contributed by atoms with Gasteiger partial charge in [-0.15, -0.1) is 11.1 Å². The van der Waals surface area contributed by atoms with Crippen LogP contribution in [0.15, 0.2) is 24.3 Å². The fraction of sp³-hybridized carbons (Fsp3) is 0.600. The Hall–Kier alpha value is -2.03. The maximum Gasteiger partial charge on any atom is 0.129 e. The highest BCUT2D eigenvalue weighted by molar-refractivity contribution is 7.76. The lowest BCUT2D eigenvalue weighted by atomic mass is 9.75. The molecule has 0 aliphatic rings. The van der Waals surface area contributed by atoms with Gasteiger partial charge < -0.3 is 0 Å². The van der Waals surface area contributed by atoms with Gasteiger partial charge in [0, 0.05) is 10.6 Å². The van der Waals surface area contributed by atoms with Crippen LogP contribution in [0.4, 0.5) is 0 Å². The number of hydrogen-bond acceptors (Lipinski definition) is 0. The monoisotopic (exact) mass is 794 g/mol. The molecule has 0 saturated heterocycles. The van der Waals surface area contributed by atoms with E-state index in [2.05, 4.69) is 234 Å². The molecule has 0 radical (unpaired) electrons. The Morgan fingerprint density at radius 2 is 0.574 bits per heavy atom. The van der Waals surface area contributed by atoms with E-state index in [0.717, 1.165) is 0 Å². The Bertz CT molecular complexity index is 1730. The molecular weight excluding hydrogens is 719 g/mol. The van der Waals surface area contributed by atoms with Crippen molar-refractivity contribution in [1.82, 2.24) is 0 Å². The summed E-state index contributed by atoms with van der Waals surface area (Å²) in [5.74, 6) is 6.92. The molecular formula is C50H76P2Si2. The molecule has 2 unspecified atom stereocenters. The summed E-state index contributed by atoms with van der Waals surface area (Å²) in [6, 6.07) is 9.83. The predicted molar refractivity (Wildman–Crippen MR) is 256 cm³/mol. The number of rotatable bonds is 2. The third-order valence-corrected chi connectivity index (χ3v) is 14.5. The van der Waals surface area contributed by atoms with E-state index in [9.17, 15) is 0 Å². The zero-order valence-corrected chi connectivity index (χ0v) is 43.0. The minimum atomic E-state index is -1.69. The molecule has 2 rings (SSSR count). The SMILES string of the molecule is CC(C)(C)c1cc(C(C)(C)C)c(P(C#CC#CP(C#C[Si](C)(C)C)c2c(C(C)(C)C)cc(C(C)(C)C)cc2C(C)(C)C)C#C[Si](C)(C)C)c(C(C)(C)C)c1. The third kappa shape index (κ3) is 13.9. The van der Waals surface area contributed by atoms with Crippen LogP contribution >= 0.6 is 15.8 Å². The molecule has 0 heterocycles. The average Bonchev–Trinajstić information content (AvgIpc) is 2.93. The zero-order valence-electron chi connectivity index (χ0n) is 39.2. The fourth-order valence-corrected chi connectivity index (χ4v) is 12.8. The van der Waals surface area contributed by atoms with Gasteiger partial charge in [0.2, 0.25) is 0 Å². The summed E-state index contributed by atoms with van der Waals surface area (Å²) in [7, 11) is -5.63. The van der Waals surface area contributed by atoms with Crippen molar-refractivity contribution in [1.29, 1.82) is 0 Å². The zero-order chi connectivity index (χ0) is 42.3. The van der Waals surface area contributed by atoms with Crippen molar-refractivity contribution in [2.24, 2.45) is 0 Å². The van der Waals surface area contributed by atoms with Gasteiger partial charge in [0.25, 0.3) is 0 Å². The third-order valence-electron chi connectivity index (χ3n) is 9.11. The Kier molecular flexibility index (Phi) is 14.7. The van der Waals surface area contributed by atoms with Crippen molar-refractivity contribution in [3.8, 4) is 45.6 Å². The maximum absolute atomic E-state index is 3.82. The van der Waals surface area contributed by atoms with Crippen molar-refractivity contribution < 1.29 is 0 Å². The first-order valence-electron chi connectivity index (χ1n) is 19.9. The fourth-order valence-electron chi connectivity index (χ4n) is 5.80. The van der Waals surface area contributed by atoms with Crippen molar-refractivity contribution in [3.63, 3.8) is 0 Å². The predicted octanol–water partition coefficient (Wildman–Crippen LogP) is 14.0. The first-order chi connectivity index (χ1) is 23.8. The van der Waals surface area contributed by atoms with Gasteiger partial charge in [-0.3, -0.25) is 0 Å². The van der Waals surface area contributed by atoms with Gasteiger partial charge in [0.15, 0.2) is 0 Å². The van der Waals surface area contributed by atoms with E-state index < -0.39 is 32.0 Å². The van der Waals surface area contributed by atoms with Crippen LogP contribution < -0.4 is 10.6 Å². The molecule has 0 amide bonds. The van der Waals surface area contributed by atoms with Crippen LogP contribution in [0.1, 0.15) is 158 Å².